The number of hydrogen-bond donors (Lipinski definition) is 1. The van der Waals surface area contributed by atoms with E-state index < -0.39 is 5.91 Å². The van der Waals surface area contributed by atoms with Crippen LogP contribution in [0.1, 0.15) is 11.3 Å². The Morgan fingerprint density at radius 1 is 1.13 bits per heavy atom. The van der Waals surface area contributed by atoms with E-state index in [1.807, 2.05) is 66.9 Å². The van der Waals surface area contributed by atoms with Gasteiger partial charge in [-0.25, -0.2) is 4.68 Å². The highest BCUT2D eigenvalue weighted by molar-refractivity contribution is 9.10. The number of nitrogens with zero attached hydrogens (tertiary/aromatic N) is 3. The van der Waals surface area contributed by atoms with Crippen LogP contribution in [0.2, 0.25) is 0 Å². The second-order valence-corrected chi connectivity index (χ2v) is 7.57. The number of nitriles is 1. The fourth-order valence-electron chi connectivity index (χ4n) is 3.02. The first-order valence-electron chi connectivity index (χ1n) is 9.47. The maximum atomic E-state index is 12.6. The van der Waals surface area contributed by atoms with Crippen LogP contribution in [0.15, 0.2) is 93.7 Å². The normalized spacial score (nSPS) is 11.2. The summed E-state index contributed by atoms with van der Waals surface area (Å²) in [4.78, 5) is 12.6. The second-order valence-electron chi connectivity index (χ2n) is 6.65. The second kappa shape index (κ2) is 9.28. The molecule has 0 bridgehead atoms. The molecule has 0 aliphatic rings. The van der Waals surface area contributed by atoms with Crippen molar-refractivity contribution in [2.45, 2.75) is 6.54 Å². The van der Waals surface area contributed by atoms with Crippen molar-refractivity contribution in [2.24, 2.45) is 0 Å². The van der Waals surface area contributed by atoms with Crippen LogP contribution >= 0.6 is 15.9 Å². The predicted molar refractivity (Wildman–Crippen MR) is 121 cm³/mol. The molecule has 1 N–H and O–H groups in total. The Balaban J connectivity index is 1.70. The quantitative estimate of drug-likeness (QED) is 0.311. The number of carbonyl (C=O) groups excluding carboxylic acids is 1. The van der Waals surface area contributed by atoms with Gasteiger partial charge in [0, 0.05) is 21.8 Å². The van der Waals surface area contributed by atoms with Gasteiger partial charge in [-0.3, -0.25) is 4.79 Å². The highest BCUT2D eigenvalue weighted by Gasteiger charge is 2.15. The summed E-state index contributed by atoms with van der Waals surface area (Å²) in [5.41, 5.74) is 3.06. The SMILES string of the molecule is N#CC(=Cc1cn(-c2ccccc2)nc1-c1ccc(Br)cc1)C(=O)NCc1ccco1. The van der Waals surface area contributed by atoms with Gasteiger partial charge in [-0.05, 0) is 42.5 Å². The number of carbonyl (C=O) groups is 1. The van der Waals surface area contributed by atoms with Gasteiger partial charge >= 0.3 is 0 Å². The summed E-state index contributed by atoms with van der Waals surface area (Å²) in [5, 5.41) is 17.0. The molecule has 0 saturated heterocycles. The van der Waals surface area contributed by atoms with Gasteiger partial charge in [0.2, 0.25) is 0 Å². The zero-order valence-electron chi connectivity index (χ0n) is 16.3. The van der Waals surface area contributed by atoms with Crippen LogP contribution < -0.4 is 5.32 Å². The maximum absolute atomic E-state index is 12.6. The van der Waals surface area contributed by atoms with Crippen LogP contribution in [-0.2, 0) is 11.3 Å². The minimum atomic E-state index is -0.479. The molecule has 2 aromatic carbocycles. The molecule has 7 heteroatoms. The smallest absolute Gasteiger partial charge is 0.262 e. The molecule has 0 radical (unpaired) electrons. The van der Waals surface area contributed by atoms with Crippen LogP contribution in [0.3, 0.4) is 0 Å². The summed E-state index contributed by atoms with van der Waals surface area (Å²) in [6.45, 7) is 0.202. The van der Waals surface area contributed by atoms with E-state index in [0.29, 0.717) is 17.0 Å². The Labute approximate surface area is 187 Å². The third kappa shape index (κ3) is 4.82. The number of para-hydroxylation sites is 1. The van der Waals surface area contributed by atoms with Crippen molar-refractivity contribution in [2.75, 3.05) is 0 Å². The Morgan fingerprint density at radius 2 is 1.90 bits per heavy atom. The summed E-state index contributed by atoms with van der Waals surface area (Å²) >= 11 is 3.44. The summed E-state index contributed by atoms with van der Waals surface area (Å²) in [5.74, 6) is 0.131. The van der Waals surface area contributed by atoms with Crippen LogP contribution in [0.5, 0.6) is 0 Å². The molecule has 0 atom stereocenters. The molecule has 0 spiro atoms. The van der Waals surface area contributed by atoms with E-state index in [9.17, 15) is 10.1 Å². The zero-order valence-corrected chi connectivity index (χ0v) is 17.9. The van der Waals surface area contributed by atoms with Gasteiger partial charge in [-0.1, -0.05) is 46.3 Å². The fourth-order valence-corrected chi connectivity index (χ4v) is 3.28. The molecule has 0 saturated carbocycles. The lowest BCUT2D eigenvalue weighted by molar-refractivity contribution is -0.117. The molecular weight excluding hydrogens is 456 g/mol. The van der Waals surface area contributed by atoms with Crippen LogP contribution in [0.25, 0.3) is 23.0 Å². The van der Waals surface area contributed by atoms with E-state index in [4.69, 9.17) is 9.52 Å². The molecule has 0 unspecified atom stereocenters. The molecule has 6 nitrogen and oxygen atoms in total. The Kier molecular flexibility index (Phi) is 6.11. The lowest BCUT2D eigenvalue weighted by atomic mass is 10.1. The van der Waals surface area contributed by atoms with E-state index in [-0.39, 0.29) is 12.1 Å². The largest absolute Gasteiger partial charge is 0.467 e. The van der Waals surface area contributed by atoms with E-state index in [2.05, 4.69) is 21.2 Å². The number of halogens is 1. The van der Waals surface area contributed by atoms with Crippen molar-refractivity contribution < 1.29 is 9.21 Å². The molecular formula is C24H17BrN4O2. The number of amides is 1. The Hall–Kier alpha value is -3.89. The van der Waals surface area contributed by atoms with Gasteiger partial charge < -0.3 is 9.73 Å². The van der Waals surface area contributed by atoms with E-state index in [1.165, 1.54) is 6.26 Å². The average molecular weight is 473 g/mol. The minimum Gasteiger partial charge on any atom is -0.467 e. The topological polar surface area (TPSA) is 83.8 Å². The van der Waals surface area contributed by atoms with E-state index >= 15 is 0 Å². The summed E-state index contributed by atoms with van der Waals surface area (Å²) in [6, 6.07) is 22.9. The number of aromatic nitrogens is 2. The van der Waals surface area contributed by atoms with Gasteiger partial charge in [-0.15, -0.1) is 0 Å². The minimum absolute atomic E-state index is 0.0162. The van der Waals surface area contributed by atoms with Crippen LogP contribution in [-0.4, -0.2) is 15.7 Å². The number of rotatable bonds is 6. The number of nitrogens with one attached hydrogen (secondary N) is 1. The number of benzene rings is 2. The third-order valence-corrected chi connectivity index (χ3v) is 5.08. The zero-order chi connectivity index (χ0) is 21.6. The monoisotopic (exact) mass is 472 g/mol. The molecule has 31 heavy (non-hydrogen) atoms. The van der Waals surface area contributed by atoms with Crippen molar-refractivity contribution in [1.82, 2.24) is 15.1 Å². The van der Waals surface area contributed by atoms with Crippen LogP contribution in [0.4, 0.5) is 0 Å². The van der Waals surface area contributed by atoms with E-state index in [1.54, 1.807) is 22.9 Å². The first kappa shape index (κ1) is 20.4. The van der Waals surface area contributed by atoms with Gasteiger partial charge in [0.1, 0.15) is 17.4 Å². The standard InChI is InChI=1S/C24H17BrN4O2/c25-20-10-8-17(9-11-20)23-19(16-29(28-23)21-5-2-1-3-6-21)13-18(14-26)24(30)27-15-22-7-4-12-31-22/h1-13,16H,15H2,(H,27,30). The third-order valence-electron chi connectivity index (χ3n) is 4.55. The molecule has 0 fully saturated rings. The Morgan fingerprint density at radius 3 is 2.58 bits per heavy atom. The lowest BCUT2D eigenvalue weighted by Crippen LogP contribution is -2.23. The lowest BCUT2D eigenvalue weighted by Gasteiger charge is -2.03. The molecule has 0 aliphatic carbocycles. The highest BCUT2D eigenvalue weighted by Crippen LogP contribution is 2.27. The molecule has 4 aromatic rings. The highest BCUT2D eigenvalue weighted by atomic mass is 79.9. The van der Waals surface area contributed by atoms with Crippen molar-refractivity contribution in [3.63, 3.8) is 0 Å². The molecule has 2 heterocycles. The first-order valence-corrected chi connectivity index (χ1v) is 10.3. The average Bonchev–Trinajstić information content (AvgIpc) is 3.47. The summed E-state index contributed by atoms with van der Waals surface area (Å²) in [7, 11) is 0. The number of hydrogen-bond acceptors (Lipinski definition) is 4. The van der Waals surface area contributed by atoms with Crippen molar-refractivity contribution >= 4 is 27.9 Å². The van der Waals surface area contributed by atoms with Crippen LogP contribution in [0, 0.1) is 11.3 Å². The Bertz CT molecular complexity index is 1250. The van der Waals surface area contributed by atoms with Gasteiger partial charge in [0.15, 0.2) is 0 Å². The summed E-state index contributed by atoms with van der Waals surface area (Å²) < 4.78 is 7.91. The molecule has 4 rings (SSSR count). The molecule has 1 amide bonds. The molecule has 2 aromatic heterocycles. The molecule has 152 valence electrons. The van der Waals surface area contributed by atoms with Crippen molar-refractivity contribution in [1.29, 1.82) is 5.26 Å². The summed E-state index contributed by atoms with van der Waals surface area (Å²) in [6.07, 6.45) is 4.90. The van der Waals surface area contributed by atoms with Gasteiger partial charge in [0.05, 0.1) is 24.2 Å². The first-order chi connectivity index (χ1) is 15.1. The fraction of sp³-hybridized carbons (Fsp3) is 0.0417. The predicted octanol–water partition coefficient (Wildman–Crippen LogP) is 5.12. The van der Waals surface area contributed by atoms with Crippen molar-refractivity contribution in [3.05, 3.63) is 101 Å². The van der Waals surface area contributed by atoms with E-state index in [0.717, 1.165) is 15.7 Å². The van der Waals surface area contributed by atoms with Crippen molar-refractivity contribution in [3.8, 4) is 23.0 Å². The molecule has 0 aliphatic heterocycles. The number of furan rings is 1. The maximum Gasteiger partial charge on any atom is 0.262 e. The van der Waals surface area contributed by atoms with Gasteiger partial charge in [0.25, 0.3) is 5.91 Å². The van der Waals surface area contributed by atoms with Gasteiger partial charge in [-0.2, -0.15) is 10.4 Å².